The van der Waals surface area contributed by atoms with Gasteiger partial charge >= 0.3 is 0 Å². The van der Waals surface area contributed by atoms with E-state index >= 15 is 0 Å². The number of amides is 1. The lowest BCUT2D eigenvalue weighted by Gasteiger charge is -2.21. The zero-order valence-corrected chi connectivity index (χ0v) is 9.98. The third kappa shape index (κ3) is 2.26. The largest absolute Gasteiger partial charge is 0.454 e. The summed E-state index contributed by atoms with van der Waals surface area (Å²) in [5.74, 6) is 1.35. The van der Waals surface area contributed by atoms with Gasteiger partial charge in [-0.25, -0.2) is 0 Å². The molecule has 1 aromatic rings. The van der Waals surface area contributed by atoms with Gasteiger partial charge in [0.25, 0.3) is 0 Å². The zero-order chi connectivity index (χ0) is 12.4. The van der Waals surface area contributed by atoms with Crippen molar-refractivity contribution in [1.82, 2.24) is 0 Å². The molecule has 5 heteroatoms. The molecule has 1 aromatic carbocycles. The van der Waals surface area contributed by atoms with Crippen LogP contribution >= 0.6 is 0 Å². The van der Waals surface area contributed by atoms with Crippen molar-refractivity contribution in [2.45, 2.75) is 12.8 Å². The molecule has 1 atom stereocenters. The molecule has 0 aliphatic carbocycles. The standard InChI is InChI=1S/C13H15NO4/c15-13(9-2-1-5-16-7-9)14-10-3-4-11-12(6-10)18-8-17-11/h3-4,6,9H,1-2,5,7-8H2,(H,14,15). The van der Waals surface area contributed by atoms with Crippen molar-refractivity contribution >= 4 is 11.6 Å². The van der Waals surface area contributed by atoms with Gasteiger partial charge in [-0.2, -0.15) is 0 Å². The van der Waals surface area contributed by atoms with Crippen molar-refractivity contribution in [2.75, 3.05) is 25.3 Å². The molecule has 1 fully saturated rings. The number of carbonyl (C=O) groups excluding carboxylic acids is 1. The van der Waals surface area contributed by atoms with Gasteiger partial charge in [-0.3, -0.25) is 4.79 Å². The summed E-state index contributed by atoms with van der Waals surface area (Å²) in [6.07, 6.45) is 1.83. The monoisotopic (exact) mass is 249 g/mol. The summed E-state index contributed by atoms with van der Waals surface area (Å²) < 4.78 is 15.8. The van der Waals surface area contributed by atoms with Gasteiger partial charge < -0.3 is 19.5 Å². The molecular weight excluding hydrogens is 234 g/mol. The molecule has 1 N–H and O–H groups in total. The minimum Gasteiger partial charge on any atom is -0.454 e. The molecule has 0 spiro atoms. The summed E-state index contributed by atoms with van der Waals surface area (Å²) >= 11 is 0. The number of hydrogen-bond donors (Lipinski definition) is 1. The van der Waals surface area contributed by atoms with E-state index in [0.717, 1.165) is 25.1 Å². The maximum Gasteiger partial charge on any atom is 0.231 e. The van der Waals surface area contributed by atoms with Gasteiger partial charge in [0.1, 0.15) is 0 Å². The maximum absolute atomic E-state index is 12.0. The lowest BCUT2D eigenvalue weighted by Crippen LogP contribution is -2.30. The lowest BCUT2D eigenvalue weighted by molar-refractivity contribution is -0.123. The number of hydrogen-bond acceptors (Lipinski definition) is 4. The number of rotatable bonds is 2. The molecule has 2 heterocycles. The average molecular weight is 249 g/mol. The minimum atomic E-state index is -0.0517. The Balaban J connectivity index is 1.66. The molecule has 96 valence electrons. The van der Waals surface area contributed by atoms with Crippen LogP contribution in [0.15, 0.2) is 18.2 Å². The van der Waals surface area contributed by atoms with Gasteiger partial charge in [0, 0.05) is 18.4 Å². The number of anilines is 1. The third-order valence-electron chi connectivity index (χ3n) is 3.17. The Bertz CT molecular complexity index is 454. The van der Waals surface area contributed by atoms with Crippen LogP contribution in [-0.4, -0.2) is 25.9 Å². The van der Waals surface area contributed by atoms with Crippen LogP contribution in [0.2, 0.25) is 0 Å². The summed E-state index contributed by atoms with van der Waals surface area (Å²) in [7, 11) is 0. The SMILES string of the molecule is O=C(Nc1ccc2c(c1)OCO2)C1CCCOC1. The summed E-state index contributed by atoms with van der Waals surface area (Å²) in [4.78, 5) is 12.0. The highest BCUT2D eigenvalue weighted by Crippen LogP contribution is 2.34. The summed E-state index contributed by atoms with van der Waals surface area (Å²) in [6.45, 7) is 1.51. The van der Waals surface area contributed by atoms with Gasteiger partial charge in [0.15, 0.2) is 11.5 Å². The van der Waals surface area contributed by atoms with Crippen molar-refractivity contribution in [3.63, 3.8) is 0 Å². The van der Waals surface area contributed by atoms with E-state index in [1.807, 2.05) is 6.07 Å². The normalized spacial score (nSPS) is 21.7. The molecule has 0 bridgehead atoms. The van der Waals surface area contributed by atoms with Crippen molar-refractivity contribution in [3.8, 4) is 11.5 Å². The fourth-order valence-corrected chi connectivity index (χ4v) is 2.17. The first-order valence-electron chi connectivity index (χ1n) is 6.11. The van der Waals surface area contributed by atoms with Gasteiger partial charge in [-0.15, -0.1) is 0 Å². The van der Waals surface area contributed by atoms with Gasteiger partial charge in [-0.05, 0) is 25.0 Å². The summed E-state index contributed by atoms with van der Waals surface area (Å²) in [6, 6.07) is 5.40. The van der Waals surface area contributed by atoms with E-state index in [9.17, 15) is 4.79 Å². The fraction of sp³-hybridized carbons (Fsp3) is 0.462. The maximum atomic E-state index is 12.0. The van der Waals surface area contributed by atoms with Crippen LogP contribution in [-0.2, 0) is 9.53 Å². The van der Waals surface area contributed by atoms with Crippen molar-refractivity contribution < 1.29 is 19.0 Å². The second-order valence-corrected chi connectivity index (χ2v) is 4.47. The first-order chi connectivity index (χ1) is 8.83. The van der Waals surface area contributed by atoms with E-state index in [-0.39, 0.29) is 18.6 Å². The molecule has 2 aliphatic rings. The number of nitrogens with one attached hydrogen (secondary N) is 1. The van der Waals surface area contributed by atoms with E-state index in [1.165, 1.54) is 0 Å². The molecule has 5 nitrogen and oxygen atoms in total. The van der Waals surface area contributed by atoms with Crippen LogP contribution in [0.5, 0.6) is 11.5 Å². The summed E-state index contributed by atoms with van der Waals surface area (Å²) in [5, 5.41) is 2.89. The fourth-order valence-electron chi connectivity index (χ4n) is 2.17. The highest BCUT2D eigenvalue weighted by molar-refractivity contribution is 5.93. The molecule has 1 saturated heterocycles. The first-order valence-corrected chi connectivity index (χ1v) is 6.11. The molecule has 0 aromatic heterocycles. The minimum absolute atomic E-state index is 0.00793. The molecule has 18 heavy (non-hydrogen) atoms. The molecule has 3 rings (SSSR count). The van der Waals surface area contributed by atoms with Crippen molar-refractivity contribution in [2.24, 2.45) is 5.92 Å². The molecule has 2 aliphatic heterocycles. The van der Waals surface area contributed by atoms with E-state index in [2.05, 4.69) is 5.32 Å². The van der Waals surface area contributed by atoms with Crippen LogP contribution < -0.4 is 14.8 Å². The molecular formula is C13H15NO4. The predicted octanol–water partition coefficient (Wildman–Crippen LogP) is 1.78. The van der Waals surface area contributed by atoms with Crippen LogP contribution in [0.4, 0.5) is 5.69 Å². The van der Waals surface area contributed by atoms with Gasteiger partial charge in [-0.1, -0.05) is 0 Å². The van der Waals surface area contributed by atoms with Crippen LogP contribution in [0.3, 0.4) is 0 Å². The van der Waals surface area contributed by atoms with E-state index in [4.69, 9.17) is 14.2 Å². The quantitative estimate of drug-likeness (QED) is 0.868. The lowest BCUT2D eigenvalue weighted by atomic mass is 10.0. The molecule has 1 unspecified atom stereocenters. The van der Waals surface area contributed by atoms with E-state index < -0.39 is 0 Å². The Morgan fingerprint density at radius 3 is 3.00 bits per heavy atom. The Labute approximate surface area is 105 Å². The van der Waals surface area contributed by atoms with E-state index in [0.29, 0.717) is 18.1 Å². The molecule has 1 amide bonds. The van der Waals surface area contributed by atoms with Gasteiger partial charge in [0.2, 0.25) is 12.7 Å². The number of benzene rings is 1. The third-order valence-corrected chi connectivity index (χ3v) is 3.17. The highest BCUT2D eigenvalue weighted by Gasteiger charge is 2.22. The Morgan fingerprint density at radius 2 is 2.17 bits per heavy atom. The van der Waals surface area contributed by atoms with Gasteiger partial charge in [0.05, 0.1) is 12.5 Å². The highest BCUT2D eigenvalue weighted by atomic mass is 16.7. The zero-order valence-electron chi connectivity index (χ0n) is 9.98. The first kappa shape index (κ1) is 11.3. The van der Waals surface area contributed by atoms with E-state index in [1.54, 1.807) is 12.1 Å². The Morgan fingerprint density at radius 1 is 1.28 bits per heavy atom. The number of ether oxygens (including phenoxy) is 3. The second kappa shape index (κ2) is 4.86. The topological polar surface area (TPSA) is 56.8 Å². The van der Waals surface area contributed by atoms with Crippen LogP contribution in [0.25, 0.3) is 0 Å². The van der Waals surface area contributed by atoms with Crippen molar-refractivity contribution in [3.05, 3.63) is 18.2 Å². The molecule has 0 radical (unpaired) electrons. The Hall–Kier alpha value is -1.75. The van der Waals surface area contributed by atoms with Crippen LogP contribution in [0.1, 0.15) is 12.8 Å². The Kier molecular flexibility index (Phi) is 3.06. The molecule has 0 saturated carbocycles. The second-order valence-electron chi connectivity index (χ2n) is 4.47. The van der Waals surface area contributed by atoms with Crippen LogP contribution in [0, 0.1) is 5.92 Å². The average Bonchev–Trinajstić information content (AvgIpc) is 2.87. The van der Waals surface area contributed by atoms with Crippen molar-refractivity contribution in [1.29, 1.82) is 0 Å². The number of carbonyl (C=O) groups is 1. The predicted molar refractivity (Wildman–Crippen MR) is 64.7 cm³/mol. The smallest absolute Gasteiger partial charge is 0.231 e. The summed E-state index contributed by atoms with van der Waals surface area (Å²) in [5.41, 5.74) is 0.731. The number of fused-ring (bicyclic) bond motifs is 1.